The Morgan fingerprint density at radius 1 is 1.33 bits per heavy atom. The number of nitrogens with one attached hydrogen (secondary N) is 2. The molecule has 0 saturated carbocycles. The van der Waals surface area contributed by atoms with E-state index in [1.807, 2.05) is 39.0 Å². The highest BCUT2D eigenvalue weighted by atomic mass is 16.5. The van der Waals surface area contributed by atoms with E-state index in [4.69, 9.17) is 4.74 Å². The van der Waals surface area contributed by atoms with Crippen molar-refractivity contribution < 1.29 is 9.53 Å². The molecular formula is C14H22N2O2. The third-order valence-electron chi connectivity index (χ3n) is 2.59. The zero-order valence-electron chi connectivity index (χ0n) is 11.4. The van der Waals surface area contributed by atoms with Crippen LogP contribution in [0.3, 0.4) is 0 Å². The molecule has 4 heteroatoms. The number of rotatable bonds is 6. The highest BCUT2D eigenvalue weighted by Gasteiger charge is 2.03. The first-order valence-corrected chi connectivity index (χ1v) is 6.33. The van der Waals surface area contributed by atoms with Gasteiger partial charge in [-0.15, -0.1) is 0 Å². The number of benzene rings is 1. The lowest BCUT2D eigenvalue weighted by atomic mass is 10.1. The minimum Gasteiger partial charge on any atom is -0.382 e. The molecule has 100 valence electrons. The Kier molecular flexibility index (Phi) is 6.22. The Bertz CT molecular complexity index is 391. The van der Waals surface area contributed by atoms with Gasteiger partial charge in [0.1, 0.15) is 0 Å². The van der Waals surface area contributed by atoms with Crippen LogP contribution in [-0.4, -0.2) is 25.8 Å². The van der Waals surface area contributed by atoms with E-state index in [1.54, 1.807) is 0 Å². The van der Waals surface area contributed by atoms with Crippen molar-refractivity contribution in [1.29, 1.82) is 0 Å². The van der Waals surface area contributed by atoms with Crippen LogP contribution in [0.25, 0.3) is 0 Å². The number of carbonyl (C=O) groups is 1. The fourth-order valence-corrected chi connectivity index (χ4v) is 1.64. The molecule has 2 amide bonds. The van der Waals surface area contributed by atoms with Crippen molar-refractivity contribution in [2.24, 2.45) is 0 Å². The van der Waals surface area contributed by atoms with Gasteiger partial charge in [-0.3, -0.25) is 0 Å². The molecule has 0 spiro atoms. The number of hydrogen-bond acceptors (Lipinski definition) is 2. The summed E-state index contributed by atoms with van der Waals surface area (Å²) in [5.41, 5.74) is 3.11. The van der Waals surface area contributed by atoms with Crippen LogP contribution in [-0.2, 0) is 4.74 Å². The fraction of sp³-hybridized carbons (Fsp3) is 0.500. The second kappa shape index (κ2) is 7.71. The number of carbonyl (C=O) groups excluding carboxylic acids is 1. The molecule has 18 heavy (non-hydrogen) atoms. The molecule has 2 N–H and O–H groups in total. The molecule has 0 unspecified atom stereocenters. The molecule has 0 saturated heterocycles. The van der Waals surface area contributed by atoms with Crippen molar-refractivity contribution in [3.05, 3.63) is 29.3 Å². The molecule has 0 fully saturated rings. The molecule has 0 aliphatic carbocycles. The zero-order chi connectivity index (χ0) is 13.4. The van der Waals surface area contributed by atoms with Gasteiger partial charge in [0.25, 0.3) is 0 Å². The molecule has 0 radical (unpaired) electrons. The predicted octanol–water partition coefficient (Wildman–Crippen LogP) is 2.85. The Morgan fingerprint density at radius 3 is 2.78 bits per heavy atom. The lowest BCUT2D eigenvalue weighted by molar-refractivity contribution is 0.145. The Hall–Kier alpha value is -1.55. The minimum absolute atomic E-state index is 0.168. The molecule has 0 aliphatic rings. The molecule has 1 rings (SSSR count). The quantitative estimate of drug-likeness (QED) is 0.763. The molecule has 0 heterocycles. The molecule has 0 atom stereocenters. The molecular weight excluding hydrogens is 228 g/mol. The van der Waals surface area contributed by atoms with E-state index in [1.165, 1.54) is 5.56 Å². The maximum atomic E-state index is 11.6. The first kappa shape index (κ1) is 14.5. The summed E-state index contributed by atoms with van der Waals surface area (Å²) in [6.07, 6.45) is 0.828. The average Bonchev–Trinajstić information content (AvgIpc) is 2.32. The summed E-state index contributed by atoms with van der Waals surface area (Å²) in [5, 5.41) is 5.64. The molecule has 0 aromatic heterocycles. The Balaban J connectivity index is 2.31. The van der Waals surface area contributed by atoms with Gasteiger partial charge >= 0.3 is 6.03 Å². The maximum Gasteiger partial charge on any atom is 0.319 e. The van der Waals surface area contributed by atoms with Crippen LogP contribution < -0.4 is 10.6 Å². The summed E-state index contributed by atoms with van der Waals surface area (Å²) in [6.45, 7) is 7.99. The second-order valence-corrected chi connectivity index (χ2v) is 4.25. The van der Waals surface area contributed by atoms with Gasteiger partial charge in [0.2, 0.25) is 0 Å². The largest absolute Gasteiger partial charge is 0.382 e. The van der Waals surface area contributed by atoms with Crippen LogP contribution in [0.15, 0.2) is 18.2 Å². The van der Waals surface area contributed by atoms with Crippen molar-refractivity contribution in [1.82, 2.24) is 5.32 Å². The number of hydrogen-bond donors (Lipinski definition) is 2. The van der Waals surface area contributed by atoms with Crippen LogP contribution in [0.4, 0.5) is 10.5 Å². The van der Waals surface area contributed by atoms with Crippen molar-refractivity contribution in [3.8, 4) is 0 Å². The summed E-state index contributed by atoms with van der Waals surface area (Å²) in [4.78, 5) is 11.6. The van der Waals surface area contributed by atoms with Crippen LogP contribution in [0, 0.1) is 13.8 Å². The van der Waals surface area contributed by atoms with Crippen LogP contribution >= 0.6 is 0 Å². The maximum absolute atomic E-state index is 11.6. The van der Waals surface area contributed by atoms with E-state index >= 15 is 0 Å². The SMILES string of the molecule is CCOCCCNC(=O)Nc1ccc(C)cc1C. The number of anilines is 1. The molecule has 4 nitrogen and oxygen atoms in total. The van der Waals surface area contributed by atoms with E-state index < -0.39 is 0 Å². The van der Waals surface area contributed by atoms with Gasteiger partial charge < -0.3 is 15.4 Å². The Morgan fingerprint density at radius 2 is 2.11 bits per heavy atom. The monoisotopic (exact) mass is 250 g/mol. The summed E-state index contributed by atoms with van der Waals surface area (Å²) in [5.74, 6) is 0. The van der Waals surface area contributed by atoms with Crippen LogP contribution in [0.1, 0.15) is 24.5 Å². The van der Waals surface area contributed by atoms with Gasteiger partial charge in [-0.1, -0.05) is 17.7 Å². The first-order chi connectivity index (χ1) is 8.63. The van der Waals surface area contributed by atoms with Gasteiger partial charge in [0, 0.05) is 25.4 Å². The highest BCUT2D eigenvalue weighted by Crippen LogP contribution is 2.15. The van der Waals surface area contributed by atoms with E-state index in [-0.39, 0.29) is 6.03 Å². The summed E-state index contributed by atoms with van der Waals surface area (Å²) in [7, 11) is 0. The van der Waals surface area contributed by atoms with Gasteiger partial charge in [0.15, 0.2) is 0 Å². The topological polar surface area (TPSA) is 50.4 Å². The predicted molar refractivity (Wildman–Crippen MR) is 74.0 cm³/mol. The Labute approximate surface area is 109 Å². The third-order valence-corrected chi connectivity index (χ3v) is 2.59. The number of ether oxygens (including phenoxy) is 1. The molecule has 0 aliphatic heterocycles. The number of urea groups is 1. The van der Waals surface area contributed by atoms with Gasteiger partial charge in [-0.05, 0) is 38.8 Å². The van der Waals surface area contributed by atoms with E-state index in [0.717, 1.165) is 24.3 Å². The van der Waals surface area contributed by atoms with Crippen molar-refractivity contribution in [3.63, 3.8) is 0 Å². The second-order valence-electron chi connectivity index (χ2n) is 4.25. The third kappa shape index (κ3) is 5.19. The van der Waals surface area contributed by atoms with Gasteiger partial charge in [-0.25, -0.2) is 4.79 Å². The summed E-state index contributed by atoms with van der Waals surface area (Å²) >= 11 is 0. The molecule has 0 bridgehead atoms. The smallest absolute Gasteiger partial charge is 0.319 e. The summed E-state index contributed by atoms with van der Waals surface area (Å²) in [6, 6.07) is 5.78. The normalized spacial score (nSPS) is 10.2. The summed E-state index contributed by atoms with van der Waals surface area (Å²) < 4.78 is 5.19. The lowest BCUT2D eigenvalue weighted by Crippen LogP contribution is -2.30. The fourth-order valence-electron chi connectivity index (χ4n) is 1.64. The molecule has 1 aromatic rings. The highest BCUT2D eigenvalue weighted by molar-refractivity contribution is 5.90. The zero-order valence-corrected chi connectivity index (χ0v) is 11.4. The van der Waals surface area contributed by atoms with Gasteiger partial charge in [0.05, 0.1) is 0 Å². The van der Waals surface area contributed by atoms with Crippen molar-refractivity contribution in [2.45, 2.75) is 27.2 Å². The number of aryl methyl sites for hydroxylation is 2. The first-order valence-electron chi connectivity index (χ1n) is 6.33. The molecule has 1 aromatic carbocycles. The van der Waals surface area contributed by atoms with E-state index in [9.17, 15) is 4.79 Å². The van der Waals surface area contributed by atoms with Crippen LogP contribution in [0.5, 0.6) is 0 Å². The van der Waals surface area contributed by atoms with Crippen LogP contribution in [0.2, 0.25) is 0 Å². The average molecular weight is 250 g/mol. The minimum atomic E-state index is -0.168. The van der Waals surface area contributed by atoms with Crippen molar-refractivity contribution in [2.75, 3.05) is 25.1 Å². The van der Waals surface area contributed by atoms with E-state index in [0.29, 0.717) is 13.2 Å². The number of amides is 2. The lowest BCUT2D eigenvalue weighted by Gasteiger charge is -2.10. The van der Waals surface area contributed by atoms with Crippen molar-refractivity contribution >= 4 is 11.7 Å². The van der Waals surface area contributed by atoms with Gasteiger partial charge in [-0.2, -0.15) is 0 Å². The van der Waals surface area contributed by atoms with E-state index in [2.05, 4.69) is 10.6 Å². The standard InChI is InChI=1S/C14H22N2O2/c1-4-18-9-5-8-15-14(17)16-13-7-6-11(2)10-12(13)3/h6-7,10H,4-5,8-9H2,1-3H3,(H2,15,16,17).